The first-order valence-electron chi connectivity index (χ1n) is 10.4. The van der Waals surface area contributed by atoms with Crippen LogP contribution in [-0.2, 0) is 16.0 Å². The number of benzene rings is 3. The average molecular weight is 460 g/mol. The summed E-state index contributed by atoms with van der Waals surface area (Å²) in [6.07, 6.45) is 1.70. The molecule has 1 aliphatic rings. The maximum Gasteiger partial charge on any atom is 0.335 e. The van der Waals surface area contributed by atoms with E-state index in [0.29, 0.717) is 34.7 Å². The number of carbonyl (C=O) groups is 3. The molecule has 7 nitrogen and oxygen atoms in total. The Morgan fingerprint density at radius 1 is 0.912 bits per heavy atom. The van der Waals surface area contributed by atoms with Crippen LogP contribution < -0.4 is 19.7 Å². The first-order chi connectivity index (χ1) is 16.4. The van der Waals surface area contributed by atoms with Crippen LogP contribution in [0.15, 0.2) is 72.3 Å². The van der Waals surface area contributed by atoms with E-state index in [2.05, 4.69) is 5.32 Å². The van der Waals surface area contributed by atoms with E-state index in [-0.39, 0.29) is 11.4 Å². The van der Waals surface area contributed by atoms with E-state index in [1.807, 2.05) is 0 Å². The van der Waals surface area contributed by atoms with Gasteiger partial charge in [-0.2, -0.15) is 0 Å². The molecule has 0 aliphatic carbocycles. The third kappa shape index (κ3) is 4.52. The number of nitrogens with zero attached hydrogens (tertiary/aromatic N) is 1. The van der Waals surface area contributed by atoms with Gasteiger partial charge in [-0.15, -0.1) is 0 Å². The predicted molar refractivity (Wildman–Crippen MR) is 124 cm³/mol. The van der Waals surface area contributed by atoms with Crippen molar-refractivity contribution in [1.82, 2.24) is 5.32 Å². The van der Waals surface area contributed by atoms with E-state index in [1.54, 1.807) is 60.7 Å². The third-order valence-corrected chi connectivity index (χ3v) is 5.39. The molecule has 172 valence electrons. The molecule has 1 aliphatic heterocycles. The topological polar surface area (TPSA) is 84.9 Å². The molecule has 1 N–H and O–H groups in total. The highest BCUT2D eigenvalue weighted by atomic mass is 19.1. The van der Waals surface area contributed by atoms with Crippen LogP contribution in [0.2, 0.25) is 0 Å². The summed E-state index contributed by atoms with van der Waals surface area (Å²) >= 11 is 0. The van der Waals surface area contributed by atoms with Gasteiger partial charge >= 0.3 is 6.03 Å². The van der Waals surface area contributed by atoms with Crippen molar-refractivity contribution >= 4 is 29.6 Å². The Balaban J connectivity index is 1.65. The Labute approximate surface area is 195 Å². The molecule has 3 aromatic carbocycles. The summed E-state index contributed by atoms with van der Waals surface area (Å²) in [6.45, 7) is 0. The van der Waals surface area contributed by atoms with Crippen molar-refractivity contribution in [3.63, 3.8) is 0 Å². The van der Waals surface area contributed by atoms with Gasteiger partial charge in [0.25, 0.3) is 11.8 Å². The quantitative estimate of drug-likeness (QED) is 0.442. The number of hydrogen-bond acceptors (Lipinski definition) is 5. The molecule has 0 aromatic heterocycles. The number of nitrogens with one attached hydrogen (secondary N) is 1. The first-order valence-corrected chi connectivity index (χ1v) is 10.4. The van der Waals surface area contributed by atoms with Crippen LogP contribution in [0.1, 0.15) is 16.7 Å². The van der Waals surface area contributed by atoms with Gasteiger partial charge in [0.15, 0.2) is 0 Å². The van der Waals surface area contributed by atoms with Gasteiger partial charge < -0.3 is 9.47 Å². The highest BCUT2D eigenvalue weighted by Crippen LogP contribution is 2.27. The lowest BCUT2D eigenvalue weighted by Gasteiger charge is -2.26. The molecule has 0 unspecified atom stereocenters. The molecular weight excluding hydrogens is 439 g/mol. The van der Waals surface area contributed by atoms with Crippen molar-refractivity contribution in [2.45, 2.75) is 6.42 Å². The molecule has 0 atom stereocenters. The van der Waals surface area contributed by atoms with Crippen molar-refractivity contribution < 1.29 is 28.2 Å². The van der Waals surface area contributed by atoms with Gasteiger partial charge in [0, 0.05) is 6.42 Å². The van der Waals surface area contributed by atoms with Crippen LogP contribution in [0.4, 0.5) is 14.9 Å². The zero-order valence-corrected chi connectivity index (χ0v) is 18.5. The summed E-state index contributed by atoms with van der Waals surface area (Å²) in [5.41, 5.74) is 1.85. The number of halogens is 1. The number of anilines is 1. The van der Waals surface area contributed by atoms with E-state index >= 15 is 0 Å². The molecule has 0 spiro atoms. The fourth-order valence-electron chi connectivity index (χ4n) is 3.63. The number of imide groups is 2. The fourth-order valence-corrected chi connectivity index (χ4v) is 3.63. The SMILES string of the molecule is COc1ccc(N2C(=O)NC(=O)/C(=C\c3ccc(Cc4ccccc4F)c(OC)c3)C2=O)cc1. The van der Waals surface area contributed by atoms with Crippen molar-refractivity contribution in [3.8, 4) is 11.5 Å². The average Bonchev–Trinajstić information content (AvgIpc) is 2.84. The predicted octanol–water partition coefficient (Wildman–Crippen LogP) is 4.10. The molecule has 4 rings (SSSR count). The molecule has 34 heavy (non-hydrogen) atoms. The highest BCUT2D eigenvalue weighted by Gasteiger charge is 2.36. The summed E-state index contributed by atoms with van der Waals surface area (Å²) in [5, 5.41) is 2.19. The number of methoxy groups -OCH3 is 2. The maximum absolute atomic E-state index is 14.1. The van der Waals surface area contributed by atoms with Gasteiger partial charge in [0.05, 0.1) is 19.9 Å². The zero-order valence-electron chi connectivity index (χ0n) is 18.5. The largest absolute Gasteiger partial charge is 0.497 e. The standard InChI is InChI=1S/C26H21FN2O5/c1-33-20-11-9-19(10-12-20)29-25(31)21(24(30)28-26(29)32)13-16-7-8-18(23(14-16)34-2)15-17-5-3-4-6-22(17)27/h3-14H,15H2,1-2H3,(H,28,30,32)/b21-13+. The Morgan fingerprint density at radius 3 is 2.32 bits per heavy atom. The Morgan fingerprint density at radius 2 is 1.65 bits per heavy atom. The van der Waals surface area contributed by atoms with Crippen molar-refractivity contribution in [3.05, 3.63) is 94.8 Å². The number of ether oxygens (including phenoxy) is 2. The second-order valence-electron chi connectivity index (χ2n) is 7.50. The van der Waals surface area contributed by atoms with Gasteiger partial charge in [-0.3, -0.25) is 14.9 Å². The van der Waals surface area contributed by atoms with Gasteiger partial charge in [-0.25, -0.2) is 14.1 Å². The Bertz CT molecular complexity index is 1300. The van der Waals surface area contributed by atoms with Crippen LogP contribution in [-0.4, -0.2) is 32.1 Å². The Hall–Kier alpha value is -4.46. The first kappa shape index (κ1) is 22.7. The number of barbiturate groups is 1. The molecule has 4 amide bonds. The lowest BCUT2D eigenvalue weighted by atomic mass is 10.00. The zero-order chi connectivity index (χ0) is 24.2. The van der Waals surface area contributed by atoms with E-state index in [1.165, 1.54) is 26.4 Å². The van der Waals surface area contributed by atoms with Crippen molar-refractivity contribution in [2.75, 3.05) is 19.1 Å². The highest BCUT2D eigenvalue weighted by molar-refractivity contribution is 6.39. The van der Waals surface area contributed by atoms with Gasteiger partial charge in [-0.1, -0.05) is 30.3 Å². The van der Waals surface area contributed by atoms with Gasteiger partial charge in [0.1, 0.15) is 22.9 Å². The van der Waals surface area contributed by atoms with Gasteiger partial charge in [0.2, 0.25) is 0 Å². The number of amides is 4. The van der Waals surface area contributed by atoms with E-state index in [0.717, 1.165) is 10.5 Å². The summed E-state index contributed by atoms with van der Waals surface area (Å²) in [7, 11) is 2.99. The number of urea groups is 1. The fraction of sp³-hybridized carbons (Fsp3) is 0.115. The lowest BCUT2D eigenvalue weighted by Crippen LogP contribution is -2.54. The van der Waals surface area contributed by atoms with Crippen LogP contribution in [0.3, 0.4) is 0 Å². The van der Waals surface area contributed by atoms with Crippen LogP contribution in [0.25, 0.3) is 6.08 Å². The summed E-state index contributed by atoms with van der Waals surface area (Å²) < 4.78 is 24.6. The number of rotatable bonds is 6. The minimum absolute atomic E-state index is 0.209. The summed E-state index contributed by atoms with van der Waals surface area (Å²) in [6, 6.07) is 17.0. The van der Waals surface area contributed by atoms with Crippen LogP contribution >= 0.6 is 0 Å². The summed E-state index contributed by atoms with van der Waals surface area (Å²) in [4.78, 5) is 38.8. The molecular formula is C26H21FN2O5. The van der Waals surface area contributed by atoms with E-state index in [4.69, 9.17) is 9.47 Å². The maximum atomic E-state index is 14.1. The number of hydrogen-bond donors (Lipinski definition) is 1. The molecule has 8 heteroatoms. The molecule has 0 radical (unpaired) electrons. The summed E-state index contributed by atoms with van der Waals surface area (Å²) in [5.74, 6) is -0.835. The monoisotopic (exact) mass is 460 g/mol. The van der Waals surface area contributed by atoms with E-state index < -0.39 is 17.8 Å². The van der Waals surface area contributed by atoms with Gasteiger partial charge in [-0.05, 0) is 59.2 Å². The smallest absolute Gasteiger partial charge is 0.335 e. The molecule has 1 saturated heterocycles. The minimum atomic E-state index is -0.838. The lowest BCUT2D eigenvalue weighted by molar-refractivity contribution is -0.122. The molecule has 1 heterocycles. The van der Waals surface area contributed by atoms with Crippen molar-refractivity contribution in [1.29, 1.82) is 0 Å². The molecule has 1 fully saturated rings. The molecule has 3 aromatic rings. The van der Waals surface area contributed by atoms with Crippen LogP contribution in [0.5, 0.6) is 11.5 Å². The normalized spacial score (nSPS) is 14.9. The second-order valence-corrected chi connectivity index (χ2v) is 7.50. The molecule has 0 bridgehead atoms. The molecule has 0 saturated carbocycles. The second kappa shape index (κ2) is 9.58. The van der Waals surface area contributed by atoms with E-state index in [9.17, 15) is 18.8 Å². The Kier molecular flexibility index (Phi) is 6.40. The number of carbonyl (C=O) groups excluding carboxylic acids is 3. The van der Waals surface area contributed by atoms with Crippen molar-refractivity contribution in [2.24, 2.45) is 0 Å². The van der Waals surface area contributed by atoms with Crippen LogP contribution in [0, 0.1) is 5.82 Å². The third-order valence-electron chi connectivity index (χ3n) is 5.39. The minimum Gasteiger partial charge on any atom is -0.497 e.